The molecule has 1 amide bonds. The number of nitrogens with two attached hydrogens (primary N) is 1. The van der Waals surface area contributed by atoms with E-state index in [4.69, 9.17) is 10.5 Å². The molecule has 0 spiro atoms. The standard InChI is InChI=1S/C20H27N3O2.ClH/c1-4-11-20(3,21)19(24)23-15(2)16-8-7-10-18(13-16)25-14-17-9-5-6-12-22-17;/h5-10,12-13,15H,4,11,14,21H2,1-3H3,(H,23,24);1H. The molecule has 142 valence electrons. The Bertz CT molecular complexity index is 692. The number of halogens is 1. The van der Waals surface area contributed by atoms with E-state index in [0.29, 0.717) is 13.0 Å². The third kappa shape index (κ3) is 6.32. The number of rotatable bonds is 8. The normalized spacial score (nSPS) is 13.8. The third-order valence-electron chi connectivity index (χ3n) is 4.11. The molecule has 6 heteroatoms. The molecule has 2 unspecified atom stereocenters. The van der Waals surface area contributed by atoms with E-state index in [1.807, 2.05) is 56.3 Å². The molecule has 1 aromatic carbocycles. The van der Waals surface area contributed by atoms with Crippen molar-refractivity contribution in [2.45, 2.75) is 51.8 Å². The van der Waals surface area contributed by atoms with E-state index >= 15 is 0 Å². The number of benzene rings is 1. The number of ether oxygens (including phenoxy) is 1. The van der Waals surface area contributed by atoms with Crippen LogP contribution in [0.1, 0.15) is 50.9 Å². The molecule has 0 aliphatic heterocycles. The highest BCUT2D eigenvalue weighted by atomic mass is 35.5. The van der Waals surface area contributed by atoms with Gasteiger partial charge in [0.05, 0.1) is 17.3 Å². The van der Waals surface area contributed by atoms with Crippen molar-refractivity contribution in [3.63, 3.8) is 0 Å². The second-order valence-electron chi connectivity index (χ2n) is 6.54. The molecule has 0 radical (unpaired) electrons. The van der Waals surface area contributed by atoms with Crippen LogP contribution in [-0.4, -0.2) is 16.4 Å². The van der Waals surface area contributed by atoms with Gasteiger partial charge >= 0.3 is 0 Å². The highest BCUT2D eigenvalue weighted by Gasteiger charge is 2.28. The predicted octanol–water partition coefficient (Wildman–Crippen LogP) is 3.78. The van der Waals surface area contributed by atoms with Crippen molar-refractivity contribution >= 4 is 18.3 Å². The van der Waals surface area contributed by atoms with Gasteiger partial charge in [-0.1, -0.05) is 31.5 Å². The molecule has 3 N–H and O–H groups in total. The zero-order valence-corrected chi connectivity index (χ0v) is 16.4. The van der Waals surface area contributed by atoms with Gasteiger partial charge in [-0.3, -0.25) is 9.78 Å². The van der Waals surface area contributed by atoms with Crippen LogP contribution in [0.4, 0.5) is 0 Å². The Morgan fingerprint density at radius 2 is 2.08 bits per heavy atom. The zero-order valence-electron chi connectivity index (χ0n) is 15.6. The van der Waals surface area contributed by atoms with Crippen molar-refractivity contribution in [1.29, 1.82) is 0 Å². The molecule has 2 aromatic rings. The Morgan fingerprint density at radius 1 is 1.31 bits per heavy atom. The number of pyridine rings is 1. The first-order valence-electron chi connectivity index (χ1n) is 8.65. The van der Waals surface area contributed by atoms with E-state index in [9.17, 15) is 4.79 Å². The first-order chi connectivity index (χ1) is 11.9. The summed E-state index contributed by atoms with van der Waals surface area (Å²) in [6.45, 7) is 6.13. The van der Waals surface area contributed by atoms with Crippen molar-refractivity contribution in [2.75, 3.05) is 0 Å². The molecule has 0 aliphatic carbocycles. The molecule has 26 heavy (non-hydrogen) atoms. The van der Waals surface area contributed by atoms with Crippen LogP contribution in [0.25, 0.3) is 0 Å². The lowest BCUT2D eigenvalue weighted by atomic mass is 9.95. The molecular weight excluding hydrogens is 350 g/mol. The Hall–Kier alpha value is -2.11. The van der Waals surface area contributed by atoms with Crippen LogP contribution in [0.3, 0.4) is 0 Å². The van der Waals surface area contributed by atoms with Crippen molar-refractivity contribution in [3.05, 3.63) is 59.9 Å². The second-order valence-corrected chi connectivity index (χ2v) is 6.54. The summed E-state index contributed by atoms with van der Waals surface area (Å²) >= 11 is 0. The van der Waals surface area contributed by atoms with E-state index in [1.165, 1.54) is 0 Å². The van der Waals surface area contributed by atoms with Crippen molar-refractivity contribution < 1.29 is 9.53 Å². The van der Waals surface area contributed by atoms with Gasteiger partial charge in [0.2, 0.25) is 5.91 Å². The first kappa shape index (κ1) is 21.9. The summed E-state index contributed by atoms with van der Waals surface area (Å²) in [4.78, 5) is 16.6. The van der Waals surface area contributed by atoms with Crippen LogP contribution in [0.5, 0.6) is 5.75 Å². The summed E-state index contributed by atoms with van der Waals surface area (Å²) in [5.41, 5.74) is 7.08. The summed E-state index contributed by atoms with van der Waals surface area (Å²) in [6.07, 6.45) is 3.26. The molecule has 0 bridgehead atoms. The van der Waals surface area contributed by atoms with Crippen molar-refractivity contribution in [2.24, 2.45) is 5.73 Å². The van der Waals surface area contributed by atoms with E-state index < -0.39 is 5.54 Å². The topological polar surface area (TPSA) is 77.2 Å². The molecule has 1 aromatic heterocycles. The van der Waals surface area contributed by atoms with E-state index in [-0.39, 0.29) is 24.4 Å². The first-order valence-corrected chi connectivity index (χ1v) is 8.65. The predicted molar refractivity (Wildman–Crippen MR) is 106 cm³/mol. The summed E-state index contributed by atoms with van der Waals surface area (Å²) in [5.74, 6) is 0.606. The van der Waals surface area contributed by atoms with Crippen LogP contribution >= 0.6 is 12.4 Å². The van der Waals surface area contributed by atoms with Crippen LogP contribution in [0.15, 0.2) is 48.7 Å². The number of amides is 1. The highest BCUT2D eigenvalue weighted by Crippen LogP contribution is 2.21. The number of hydrogen-bond donors (Lipinski definition) is 2. The third-order valence-corrected chi connectivity index (χ3v) is 4.11. The molecule has 5 nitrogen and oxygen atoms in total. The molecule has 1 heterocycles. The Balaban J connectivity index is 0.00000338. The molecular formula is C20H28ClN3O2. The second kappa shape index (κ2) is 10.1. The van der Waals surface area contributed by atoms with Crippen LogP contribution in [0.2, 0.25) is 0 Å². The number of carbonyl (C=O) groups is 1. The van der Waals surface area contributed by atoms with E-state index in [2.05, 4.69) is 10.3 Å². The molecule has 0 saturated heterocycles. The maximum Gasteiger partial charge on any atom is 0.240 e. The average molecular weight is 378 g/mol. The number of hydrogen-bond acceptors (Lipinski definition) is 4. The van der Waals surface area contributed by atoms with Crippen LogP contribution in [-0.2, 0) is 11.4 Å². The summed E-state index contributed by atoms with van der Waals surface area (Å²) in [7, 11) is 0. The average Bonchev–Trinajstić information content (AvgIpc) is 2.61. The van der Waals surface area contributed by atoms with Crippen LogP contribution < -0.4 is 15.8 Å². The van der Waals surface area contributed by atoms with E-state index in [1.54, 1.807) is 13.1 Å². The van der Waals surface area contributed by atoms with Crippen LogP contribution in [0, 0.1) is 0 Å². The molecule has 0 fully saturated rings. The highest BCUT2D eigenvalue weighted by molar-refractivity contribution is 5.86. The summed E-state index contributed by atoms with van der Waals surface area (Å²) in [5, 5.41) is 2.99. The monoisotopic (exact) mass is 377 g/mol. The number of nitrogens with one attached hydrogen (secondary N) is 1. The maximum atomic E-state index is 12.4. The number of nitrogens with zero attached hydrogens (tertiary/aromatic N) is 1. The van der Waals surface area contributed by atoms with Crippen molar-refractivity contribution in [3.8, 4) is 5.75 Å². The summed E-state index contributed by atoms with van der Waals surface area (Å²) in [6, 6.07) is 13.3. The van der Waals surface area contributed by atoms with Gasteiger partial charge in [-0.15, -0.1) is 12.4 Å². The Morgan fingerprint density at radius 3 is 2.73 bits per heavy atom. The lowest BCUT2D eigenvalue weighted by molar-refractivity contribution is -0.126. The van der Waals surface area contributed by atoms with Gasteiger partial charge in [0.1, 0.15) is 12.4 Å². The van der Waals surface area contributed by atoms with Crippen molar-refractivity contribution in [1.82, 2.24) is 10.3 Å². The fourth-order valence-electron chi connectivity index (χ4n) is 2.59. The van der Waals surface area contributed by atoms with Gasteiger partial charge < -0.3 is 15.8 Å². The van der Waals surface area contributed by atoms with Gasteiger partial charge in [0, 0.05) is 6.20 Å². The number of aromatic nitrogens is 1. The molecule has 2 rings (SSSR count). The van der Waals surface area contributed by atoms with Gasteiger partial charge in [-0.05, 0) is 50.1 Å². The largest absolute Gasteiger partial charge is 0.487 e. The lowest BCUT2D eigenvalue weighted by Gasteiger charge is -2.25. The fourth-order valence-corrected chi connectivity index (χ4v) is 2.59. The zero-order chi connectivity index (χ0) is 18.3. The minimum absolute atomic E-state index is 0. The molecule has 0 saturated carbocycles. The van der Waals surface area contributed by atoms with Gasteiger partial charge in [-0.25, -0.2) is 0 Å². The van der Waals surface area contributed by atoms with Gasteiger partial charge in [-0.2, -0.15) is 0 Å². The fraction of sp³-hybridized carbons (Fsp3) is 0.400. The summed E-state index contributed by atoms with van der Waals surface area (Å²) < 4.78 is 5.79. The quantitative estimate of drug-likeness (QED) is 0.733. The smallest absolute Gasteiger partial charge is 0.240 e. The Labute approximate surface area is 161 Å². The minimum Gasteiger partial charge on any atom is -0.487 e. The SMILES string of the molecule is CCCC(C)(N)C(=O)NC(C)c1cccc(OCc2ccccn2)c1.Cl. The minimum atomic E-state index is -0.851. The molecule has 0 aliphatic rings. The Kier molecular flexibility index (Phi) is 8.55. The van der Waals surface area contributed by atoms with Gasteiger partial charge in [0.25, 0.3) is 0 Å². The van der Waals surface area contributed by atoms with Gasteiger partial charge in [0.15, 0.2) is 0 Å². The number of carbonyl (C=O) groups excluding carboxylic acids is 1. The van der Waals surface area contributed by atoms with E-state index in [0.717, 1.165) is 23.4 Å². The maximum absolute atomic E-state index is 12.4. The lowest BCUT2D eigenvalue weighted by Crippen LogP contribution is -2.52. The molecule has 2 atom stereocenters.